The molecule has 0 radical (unpaired) electrons. The Morgan fingerprint density at radius 2 is 1.83 bits per heavy atom. The van der Waals surface area contributed by atoms with E-state index in [-0.39, 0.29) is 27.1 Å². The molecule has 3 aromatic rings. The molecule has 0 atom stereocenters. The highest BCUT2D eigenvalue weighted by atomic mass is 32.1. The molecule has 3 aromatic heterocycles. The molecule has 0 bridgehead atoms. The van der Waals surface area contributed by atoms with E-state index in [4.69, 9.17) is 5.11 Å². The molecule has 152 valence electrons. The number of rotatable bonds is 5. The van der Waals surface area contributed by atoms with Crippen LogP contribution >= 0.6 is 22.7 Å². The first-order valence-electron chi connectivity index (χ1n) is 7.96. The van der Waals surface area contributed by atoms with Gasteiger partial charge in [-0.1, -0.05) is 0 Å². The molecule has 0 fully saturated rings. The molecule has 0 aromatic carbocycles. The Bertz CT molecular complexity index is 1060. The highest BCUT2D eigenvalue weighted by molar-refractivity contribution is 7.14. The number of thiazole rings is 2. The van der Waals surface area contributed by atoms with E-state index >= 15 is 0 Å². The highest BCUT2D eigenvalue weighted by Crippen LogP contribution is 2.39. The maximum Gasteiger partial charge on any atom is 0.434 e. The number of carboxylic acid groups (broad SMARTS) is 1. The number of nitrogens with zero attached hydrogens (tertiary/aromatic N) is 3. The Kier molecular flexibility index (Phi) is 5.79. The van der Waals surface area contributed by atoms with E-state index in [0.29, 0.717) is 12.1 Å². The largest absolute Gasteiger partial charge is 0.476 e. The highest BCUT2D eigenvalue weighted by Gasteiger charge is 2.34. The van der Waals surface area contributed by atoms with Gasteiger partial charge in [0, 0.05) is 34.6 Å². The van der Waals surface area contributed by atoms with Crippen LogP contribution in [0.4, 0.5) is 23.8 Å². The second-order valence-corrected chi connectivity index (χ2v) is 7.19. The SMILES string of the molecule is CCNC(=O)Nc1cc(-c2nc(C(F)(F)F)cs2)c(-c2nc(C(=O)O)cs2)cn1. The standard InChI is InChI=1S/C16H12F3N5O3S2/c1-2-20-15(27)24-11-3-7(12-23-10(6-29-12)16(17,18)19)8(4-21-11)13-22-9(5-28-13)14(25)26/h3-6H,2H2,1H3,(H,25,26)(H2,20,21,24,27). The van der Waals surface area contributed by atoms with Crippen molar-refractivity contribution in [3.63, 3.8) is 0 Å². The molecule has 0 spiro atoms. The van der Waals surface area contributed by atoms with Crippen molar-refractivity contribution in [1.29, 1.82) is 0 Å². The number of hydrogen-bond acceptors (Lipinski definition) is 7. The second-order valence-electron chi connectivity index (χ2n) is 5.48. The second kappa shape index (κ2) is 8.13. The van der Waals surface area contributed by atoms with Gasteiger partial charge in [-0.2, -0.15) is 13.2 Å². The predicted molar refractivity (Wildman–Crippen MR) is 101 cm³/mol. The zero-order valence-electron chi connectivity index (χ0n) is 14.6. The molecule has 8 nitrogen and oxygen atoms in total. The van der Waals surface area contributed by atoms with Gasteiger partial charge in [-0.05, 0) is 13.0 Å². The van der Waals surface area contributed by atoms with Crippen molar-refractivity contribution in [2.24, 2.45) is 0 Å². The normalized spacial score (nSPS) is 11.3. The number of amides is 2. The third kappa shape index (κ3) is 4.68. The van der Waals surface area contributed by atoms with Crippen molar-refractivity contribution in [2.75, 3.05) is 11.9 Å². The fourth-order valence-electron chi connectivity index (χ4n) is 2.22. The van der Waals surface area contributed by atoms with Crippen molar-refractivity contribution in [1.82, 2.24) is 20.3 Å². The summed E-state index contributed by atoms with van der Waals surface area (Å²) in [5.74, 6) is -1.14. The van der Waals surface area contributed by atoms with Gasteiger partial charge in [0.15, 0.2) is 11.4 Å². The molecule has 0 aliphatic heterocycles. The summed E-state index contributed by atoms with van der Waals surface area (Å²) >= 11 is 1.77. The Hall–Kier alpha value is -3.06. The van der Waals surface area contributed by atoms with Gasteiger partial charge in [0.05, 0.1) is 0 Å². The average Bonchev–Trinajstić information content (AvgIpc) is 3.31. The number of urea groups is 1. The van der Waals surface area contributed by atoms with Crippen molar-refractivity contribution in [2.45, 2.75) is 13.1 Å². The monoisotopic (exact) mass is 443 g/mol. The van der Waals surface area contributed by atoms with E-state index in [2.05, 4.69) is 25.6 Å². The predicted octanol–water partition coefficient (Wildman–Crippen LogP) is 4.19. The molecule has 0 unspecified atom stereocenters. The number of anilines is 1. The zero-order valence-corrected chi connectivity index (χ0v) is 16.2. The molecule has 0 aliphatic rings. The molecule has 0 saturated carbocycles. The Labute approximate surface area is 169 Å². The van der Waals surface area contributed by atoms with E-state index in [1.165, 1.54) is 17.6 Å². The fraction of sp³-hybridized carbons (Fsp3) is 0.188. The molecule has 3 rings (SSSR count). The summed E-state index contributed by atoms with van der Waals surface area (Å²) in [7, 11) is 0. The van der Waals surface area contributed by atoms with Gasteiger partial charge >= 0.3 is 18.2 Å². The maximum absolute atomic E-state index is 13.0. The first-order chi connectivity index (χ1) is 13.7. The summed E-state index contributed by atoms with van der Waals surface area (Å²) < 4.78 is 38.9. The smallest absolute Gasteiger partial charge is 0.434 e. The lowest BCUT2D eigenvalue weighted by Crippen LogP contribution is -2.28. The lowest BCUT2D eigenvalue weighted by atomic mass is 10.1. The molecule has 3 N–H and O–H groups in total. The molecular weight excluding hydrogens is 431 g/mol. The lowest BCUT2D eigenvalue weighted by molar-refractivity contribution is -0.140. The van der Waals surface area contributed by atoms with Gasteiger partial charge in [0.1, 0.15) is 15.8 Å². The Balaban J connectivity index is 2.08. The quantitative estimate of drug-likeness (QED) is 0.544. The molecule has 13 heteroatoms. The van der Waals surface area contributed by atoms with Gasteiger partial charge in [-0.3, -0.25) is 5.32 Å². The van der Waals surface area contributed by atoms with Crippen molar-refractivity contribution < 1.29 is 27.9 Å². The van der Waals surface area contributed by atoms with Crippen LogP contribution in [-0.4, -0.2) is 38.6 Å². The number of carbonyl (C=O) groups is 2. The van der Waals surface area contributed by atoms with E-state index < -0.39 is 23.9 Å². The number of carbonyl (C=O) groups excluding carboxylic acids is 1. The van der Waals surface area contributed by atoms with Crippen molar-refractivity contribution in [3.8, 4) is 21.1 Å². The van der Waals surface area contributed by atoms with Gasteiger partial charge < -0.3 is 10.4 Å². The van der Waals surface area contributed by atoms with Gasteiger partial charge in [-0.15, -0.1) is 22.7 Å². The molecule has 0 saturated heterocycles. The van der Waals surface area contributed by atoms with Crippen LogP contribution in [0.5, 0.6) is 0 Å². The minimum absolute atomic E-state index is 0.0285. The van der Waals surface area contributed by atoms with Crippen LogP contribution < -0.4 is 10.6 Å². The minimum atomic E-state index is -4.61. The van der Waals surface area contributed by atoms with Crippen molar-refractivity contribution >= 4 is 40.5 Å². The summed E-state index contributed by atoms with van der Waals surface area (Å²) in [5, 5.41) is 16.5. The Morgan fingerprint density at radius 3 is 2.41 bits per heavy atom. The number of hydrogen-bond donors (Lipinski definition) is 3. The van der Waals surface area contributed by atoms with Gasteiger partial charge in [0.25, 0.3) is 0 Å². The summed E-state index contributed by atoms with van der Waals surface area (Å²) in [6.45, 7) is 2.09. The first-order valence-corrected chi connectivity index (χ1v) is 9.72. The van der Waals surface area contributed by atoms with Crippen LogP contribution in [0, 0.1) is 0 Å². The van der Waals surface area contributed by atoms with Crippen molar-refractivity contribution in [3.05, 3.63) is 34.4 Å². The van der Waals surface area contributed by atoms with E-state index in [9.17, 15) is 22.8 Å². The summed E-state index contributed by atoms with van der Waals surface area (Å²) in [6.07, 6.45) is -3.31. The number of nitrogens with one attached hydrogen (secondary N) is 2. The number of pyridine rings is 1. The summed E-state index contributed by atoms with van der Waals surface area (Å²) in [6, 6.07) is 0.835. The number of halogens is 3. The molecule has 3 heterocycles. The van der Waals surface area contributed by atoms with Crippen LogP contribution in [0.2, 0.25) is 0 Å². The van der Waals surface area contributed by atoms with Gasteiger partial charge in [0.2, 0.25) is 0 Å². The average molecular weight is 443 g/mol. The van der Waals surface area contributed by atoms with E-state index in [1.807, 2.05) is 0 Å². The molecule has 29 heavy (non-hydrogen) atoms. The number of aromatic carboxylic acids is 1. The lowest BCUT2D eigenvalue weighted by Gasteiger charge is -2.09. The minimum Gasteiger partial charge on any atom is -0.476 e. The topological polar surface area (TPSA) is 117 Å². The van der Waals surface area contributed by atoms with E-state index in [0.717, 1.165) is 28.1 Å². The van der Waals surface area contributed by atoms with Crippen LogP contribution in [0.3, 0.4) is 0 Å². The molecule has 2 amide bonds. The maximum atomic E-state index is 13.0. The third-order valence-electron chi connectivity index (χ3n) is 3.46. The Morgan fingerprint density at radius 1 is 1.14 bits per heavy atom. The number of aromatic nitrogens is 3. The molecular formula is C16H12F3N5O3S2. The molecule has 0 aliphatic carbocycles. The fourth-order valence-corrected chi connectivity index (χ4v) is 3.89. The van der Waals surface area contributed by atoms with E-state index in [1.54, 1.807) is 6.92 Å². The summed E-state index contributed by atoms with van der Waals surface area (Å²) in [4.78, 5) is 34.5. The van der Waals surface area contributed by atoms with Crippen LogP contribution in [0.1, 0.15) is 23.1 Å². The van der Waals surface area contributed by atoms with Crippen LogP contribution in [0.15, 0.2) is 23.0 Å². The number of carboxylic acids is 1. The zero-order chi connectivity index (χ0) is 21.2. The third-order valence-corrected chi connectivity index (χ3v) is 5.21. The summed E-state index contributed by atoms with van der Waals surface area (Å²) in [5.41, 5.74) is -0.718. The van der Waals surface area contributed by atoms with Crippen LogP contribution in [-0.2, 0) is 6.18 Å². The number of alkyl halides is 3. The van der Waals surface area contributed by atoms with Gasteiger partial charge in [-0.25, -0.2) is 24.5 Å². The first kappa shape index (κ1) is 20.7. The van der Waals surface area contributed by atoms with Crippen LogP contribution in [0.25, 0.3) is 21.1 Å².